The van der Waals surface area contributed by atoms with Crippen molar-refractivity contribution in [3.8, 4) is 5.75 Å². The summed E-state index contributed by atoms with van der Waals surface area (Å²) in [4.78, 5) is 17.5. The molecule has 118 valence electrons. The van der Waals surface area contributed by atoms with Gasteiger partial charge in [-0.25, -0.2) is 4.98 Å². The van der Waals surface area contributed by atoms with Crippen LogP contribution >= 0.6 is 27.3 Å². The van der Waals surface area contributed by atoms with Crippen LogP contribution in [0.1, 0.15) is 26.5 Å². The molecule has 0 unspecified atom stereocenters. The Hall–Kier alpha value is -1.92. The standard InChI is InChI=1S/C17H15BrN2O2S/c1-8-9(2)16(19-10(3)14(8)21)20-17(22)15-13(18)11-6-4-5-7-12(11)23-15/h4-7,21H,1-3H3,(H,19,20,22). The van der Waals surface area contributed by atoms with Gasteiger partial charge in [0.15, 0.2) is 0 Å². The lowest BCUT2D eigenvalue weighted by molar-refractivity contribution is 0.102. The predicted molar refractivity (Wildman–Crippen MR) is 97.6 cm³/mol. The van der Waals surface area contributed by atoms with E-state index in [0.717, 1.165) is 25.7 Å². The third-order valence-electron chi connectivity index (χ3n) is 3.87. The first-order valence-electron chi connectivity index (χ1n) is 7.05. The number of anilines is 1. The zero-order valence-corrected chi connectivity index (χ0v) is 15.3. The number of fused-ring (bicyclic) bond motifs is 1. The second-order valence-electron chi connectivity index (χ2n) is 5.34. The van der Waals surface area contributed by atoms with Crippen LogP contribution in [0.3, 0.4) is 0 Å². The molecule has 23 heavy (non-hydrogen) atoms. The lowest BCUT2D eigenvalue weighted by Crippen LogP contribution is -2.14. The normalized spacial score (nSPS) is 11.0. The van der Waals surface area contributed by atoms with E-state index in [-0.39, 0.29) is 11.7 Å². The van der Waals surface area contributed by atoms with Crippen molar-refractivity contribution in [1.82, 2.24) is 4.98 Å². The van der Waals surface area contributed by atoms with Gasteiger partial charge < -0.3 is 10.4 Å². The average molecular weight is 391 g/mol. The van der Waals surface area contributed by atoms with Gasteiger partial charge in [-0.2, -0.15) is 0 Å². The Bertz CT molecular complexity index is 934. The molecule has 0 spiro atoms. The Morgan fingerprint density at radius 3 is 2.61 bits per heavy atom. The van der Waals surface area contributed by atoms with Crippen molar-refractivity contribution in [2.75, 3.05) is 5.32 Å². The van der Waals surface area contributed by atoms with Crippen LogP contribution in [0.15, 0.2) is 28.7 Å². The fourth-order valence-electron chi connectivity index (χ4n) is 2.38. The maximum absolute atomic E-state index is 12.6. The van der Waals surface area contributed by atoms with E-state index in [1.54, 1.807) is 6.92 Å². The summed E-state index contributed by atoms with van der Waals surface area (Å²) in [6.07, 6.45) is 0. The molecule has 6 heteroatoms. The number of hydrogen-bond acceptors (Lipinski definition) is 4. The molecule has 0 bridgehead atoms. The first kappa shape index (κ1) is 16.0. The van der Waals surface area contributed by atoms with Gasteiger partial charge in [-0.1, -0.05) is 18.2 Å². The number of carbonyl (C=O) groups is 1. The van der Waals surface area contributed by atoms with Gasteiger partial charge in [0.2, 0.25) is 0 Å². The molecule has 0 saturated carbocycles. The maximum Gasteiger partial charge on any atom is 0.268 e. The number of amides is 1. The molecule has 2 heterocycles. The summed E-state index contributed by atoms with van der Waals surface area (Å²) in [6, 6.07) is 7.86. The number of thiophene rings is 1. The van der Waals surface area contributed by atoms with Gasteiger partial charge >= 0.3 is 0 Å². The number of aryl methyl sites for hydroxylation is 1. The number of nitrogens with zero attached hydrogens (tertiary/aromatic N) is 1. The van der Waals surface area contributed by atoms with E-state index in [9.17, 15) is 9.90 Å². The van der Waals surface area contributed by atoms with E-state index in [1.165, 1.54) is 11.3 Å². The molecule has 3 rings (SSSR count). The Labute approximate surface area is 146 Å². The average Bonchev–Trinajstić information content (AvgIpc) is 2.88. The van der Waals surface area contributed by atoms with Crippen LogP contribution in [0.2, 0.25) is 0 Å². The van der Waals surface area contributed by atoms with Crippen molar-refractivity contribution < 1.29 is 9.90 Å². The molecule has 0 aliphatic heterocycles. The highest BCUT2D eigenvalue weighted by molar-refractivity contribution is 9.10. The van der Waals surface area contributed by atoms with Crippen molar-refractivity contribution in [1.29, 1.82) is 0 Å². The van der Waals surface area contributed by atoms with Crippen LogP contribution in [0, 0.1) is 20.8 Å². The number of carbonyl (C=O) groups excluding carboxylic acids is 1. The molecule has 4 nitrogen and oxygen atoms in total. The van der Waals surface area contributed by atoms with Crippen molar-refractivity contribution in [3.05, 3.63) is 50.4 Å². The predicted octanol–water partition coefficient (Wildman–Crippen LogP) is 4.94. The quantitative estimate of drug-likeness (QED) is 0.650. The van der Waals surface area contributed by atoms with Crippen LogP contribution in [-0.4, -0.2) is 16.0 Å². The summed E-state index contributed by atoms with van der Waals surface area (Å²) in [7, 11) is 0. The maximum atomic E-state index is 12.6. The van der Waals surface area contributed by atoms with E-state index in [0.29, 0.717) is 16.4 Å². The number of benzene rings is 1. The van der Waals surface area contributed by atoms with Gasteiger partial charge in [-0.3, -0.25) is 4.79 Å². The summed E-state index contributed by atoms with van der Waals surface area (Å²) in [6.45, 7) is 5.36. The highest BCUT2D eigenvalue weighted by atomic mass is 79.9. The fraction of sp³-hybridized carbons (Fsp3) is 0.176. The molecule has 1 amide bonds. The zero-order valence-electron chi connectivity index (χ0n) is 12.9. The lowest BCUT2D eigenvalue weighted by Gasteiger charge is -2.12. The Morgan fingerprint density at radius 1 is 1.22 bits per heavy atom. The molecule has 2 aromatic heterocycles. The summed E-state index contributed by atoms with van der Waals surface area (Å²) >= 11 is 4.95. The van der Waals surface area contributed by atoms with E-state index in [4.69, 9.17) is 0 Å². The minimum absolute atomic E-state index is 0.170. The molecule has 3 aromatic rings. The molecule has 0 radical (unpaired) electrons. The largest absolute Gasteiger partial charge is 0.506 e. The van der Waals surface area contributed by atoms with E-state index < -0.39 is 0 Å². The monoisotopic (exact) mass is 390 g/mol. The van der Waals surface area contributed by atoms with Crippen LogP contribution in [0.4, 0.5) is 5.82 Å². The summed E-state index contributed by atoms with van der Waals surface area (Å²) in [5.74, 6) is 0.439. The lowest BCUT2D eigenvalue weighted by atomic mass is 10.1. The molecule has 0 saturated heterocycles. The van der Waals surface area contributed by atoms with Gasteiger partial charge in [0, 0.05) is 14.6 Å². The molecule has 0 aliphatic rings. The SMILES string of the molecule is Cc1nc(NC(=O)c2sc3ccccc3c2Br)c(C)c(C)c1O. The second kappa shape index (κ2) is 5.94. The third kappa shape index (κ3) is 2.72. The van der Waals surface area contributed by atoms with Gasteiger partial charge in [-0.15, -0.1) is 11.3 Å². The molecular formula is C17H15BrN2O2S. The minimum atomic E-state index is -0.210. The van der Waals surface area contributed by atoms with Gasteiger partial charge in [0.05, 0.1) is 5.69 Å². The molecule has 2 N–H and O–H groups in total. The molecule has 1 aromatic carbocycles. The van der Waals surface area contributed by atoms with E-state index >= 15 is 0 Å². The molecule has 0 fully saturated rings. The van der Waals surface area contributed by atoms with Crippen LogP contribution in [0.5, 0.6) is 5.75 Å². The van der Waals surface area contributed by atoms with Crippen molar-refractivity contribution in [2.24, 2.45) is 0 Å². The number of aromatic hydroxyl groups is 1. The smallest absolute Gasteiger partial charge is 0.268 e. The number of nitrogens with one attached hydrogen (secondary N) is 1. The van der Waals surface area contributed by atoms with Crippen molar-refractivity contribution >= 4 is 49.1 Å². The van der Waals surface area contributed by atoms with Gasteiger partial charge in [0.1, 0.15) is 16.4 Å². The van der Waals surface area contributed by atoms with Crippen LogP contribution in [-0.2, 0) is 0 Å². The highest BCUT2D eigenvalue weighted by Crippen LogP contribution is 2.36. The first-order valence-corrected chi connectivity index (χ1v) is 8.66. The third-order valence-corrected chi connectivity index (χ3v) is 6.12. The molecular weight excluding hydrogens is 376 g/mol. The van der Waals surface area contributed by atoms with E-state index in [1.807, 2.05) is 38.1 Å². The van der Waals surface area contributed by atoms with Gasteiger partial charge in [0.25, 0.3) is 5.91 Å². The Kier molecular flexibility index (Phi) is 4.12. The number of hydrogen-bond donors (Lipinski definition) is 2. The minimum Gasteiger partial charge on any atom is -0.506 e. The van der Waals surface area contributed by atoms with Crippen molar-refractivity contribution in [3.63, 3.8) is 0 Å². The number of pyridine rings is 1. The number of rotatable bonds is 2. The summed E-state index contributed by atoms with van der Waals surface area (Å²) < 4.78 is 1.84. The molecule has 0 atom stereocenters. The molecule has 0 aliphatic carbocycles. The second-order valence-corrected chi connectivity index (χ2v) is 7.19. The highest BCUT2D eigenvalue weighted by Gasteiger charge is 2.19. The number of aromatic nitrogens is 1. The summed E-state index contributed by atoms with van der Waals surface area (Å²) in [5, 5.41) is 13.8. The van der Waals surface area contributed by atoms with Crippen molar-refractivity contribution in [2.45, 2.75) is 20.8 Å². The Balaban J connectivity index is 2.00. The summed E-state index contributed by atoms with van der Waals surface area (Å²) in [5.41, 5.74) is 1.99. The number of halogens is 1. The van der Waals surface area contributed by atoms with Crippen LogP contribution < -0.4 is 5.32 Å². The first-order chi connectivity index (χ1) is 10.9. The van der Waals surface area contributed by atoms with Crippen LogP contribution in [0.25, 0.3) is 10.1 Å². The van der Waals surface area contributed by atoms with Gasteiger partial charge in [-0.05, 0) is 53.9 Å². The fourth-order valence-corrected chi connectivity index (χ4v) is 4.27. The zero-order chi connectivity index (χ0) is 16.7. The Morgan fingerprint density at radius 2 is 1.91 bits per heavy atom. The topological polar surface area (TPSA) is 62.2 Å². The van der Waals surface area contributed by atoms with E-state index in [2.05, 4.69) is 26.2 Å².